The van der Waals surface area contributed by atoms with Crippen LogP contribution in [0.2, 0.25) is 0 Å². The lowest BCUT2D eigenvalue weighted by Crippen LogP contribution is -2.48. The van der Waals surface area contributed by atoms with Gasteiger partial charge in [0.15, 0.2) is 11.6 Å². The number of nitrogens with zero attached hydrogens (tertiary/aromatic N) is 1. The number of ether oxygens (including phenoxy) is 1. The van der Waals surface area contributed by atoms with Gasteiger partial charge < -0.3 is 25.4 Å². The molecule has 1 unspecified atom stereocenters. The molecular weight excluding hydrogens is 452 g/mol. The molecule has 0 aliphatic rings. The van der Waals surface area contributed by atoms with Gasteiger partial charge in [0.2, 0.25) is 5.91 Å². The molecule has 0 radical (unpaired) electrons. The number of amides is 2. The third kappa shape index (κ3) is 9.61. The summed E-state index contributed by atoms with van der Waals surface area (Å²) in [7, 11) is -1.76. The molecule has 0 aliphatic carbocycles. The van der Waals surface area contributed by atoms with Crippen molar-refractivity contribution in [1.29, 1.82) is 5.26 Å². The molecule has 2 amide bonds. The Morgan fingerprint density at radius 1 is 1.20 bits per heavy atom. The quantitative estimate of drug-likeness (QED) is 0.234. The van der Waals surface area contributed by atoms with Crippen LogP contribution in [-0.2, 0) is 16.0 Å². The Bertz CT molecular complexity index is 1090. The van der Waals surface area contributed by atoms with Gasteiger partial charge in [-0.25, -0.2) is 4.39 Å². The number of halogens is 1. The second kappa shape index (κ2) is 12.7. The van der Waals surface area contributed by atoms with Gasteiger partial charge in [0, 0.05) is 5.54 Å². The van der Waals surface area contributed by atoms with E-state index in [0.29, 0.717) is 5.56 Å². The smallest absolute Gasteiger partial charge is 0.475 e. The van der Waals surface area contributed by atoms with Crippen molar-refractivity contribution in [3.8, 4) is 11.8 Å². The molecule has 10 heteroatoms. The van der Waals surface area contributed by atoms with Crippen molar-refractivity contribution in [3.05, 3.63) is 71.0 Å². The van der Waals surface area contributed by atoms with Crippen LogP contribution in [0.1, 0.15) is 38.3 Å². The third-order valence-electron chi connectivity index (χ3n) is 4.71. The van der Waals surface area contributed by atoms with Gasteiger partial charge in [0.25, 0.3) is 5.91 Å². The average molecular weight is 481 g/mol. The lowest BCUT2D eigenvalue weighted by Gasteiger charge is -2.20. The first-order valence-corrected chi connectivity index (χ1v) is 11.0. The fraction of sp³-hybridized carbons (Fsp3) is 0.320. The zero-order chi connectivity index (χ0) is 26.0. The van der Waals surface area contributed by atoms with Gasteiger partial charge in [-0.05, 0) is 56.5 Å². The number of carbonyl (C=O) groups excluding carboxylic acids is 2. The average Bonchev–Trinajstić information content (AvgIpc) is 2.78. The molecular formula is C25H29BFN3O5. The number of nitriles is 1. The fourth-order valence-electron chi connectivity index (χ4n) is 3.08. The highest BCUT2D eigenvalue weighted by atomic mass is 19.1. The van der Waals surface area contributed by atoms with E-state index in [1.54, 1.807) is 45.0 Å². The van der Waals surface area contributed by atoms with Crippen LogP contribution in [0.4, 0.5) is 4.39 Å². The summed E-state index contributed by atoms with van der Waals surface area (Å²) >= 11 is 0. The molecule has 2 aromatic carbocycles. The summed E-state index contributed by atoms with van der Waals surface area (Å²) in [6, 6.07) is 14.7. The van der Waals surface area contributed by atoms with Gasteiger partial charge in [0.1, 0.15) is 11.6 Å². The van der Waals surface area contributed by atoms with E-state index >= 15 is 0 Å². The lowest BCUT2D eigenvalue weighted by atomic mass is 9.76. The molecule has 1 atom stereocenters. The Morgan fingerprint density at radius 2 is 1.89 bits per heavy atom. The van der Waals surface area contributed by atoms with Crippen molar-refractivity contribution in [2.45, 2.75) is 45.1 Å². The number of rotatable bonds is 10. The van der Waals surface area contributed by atoms with Crippen molar-refractivity contribution in [2.75, 3.05) is 6.61 Å². The topological polar surface area (TPSA) is 132 Å². The van der Waals surface area contributed by atoms with Crippen molar-refractivity contribution in [1.82, 2.24) is 10.6 Å². The Kier molecular flexibility index (Phi) is 10.00. The Hall–Kier alpha value is -3.68. The van der Waals surface area contributed by atoms with Crippen LogP contribution in [0, 0.1) is 17.1 Å². The highest BCUT2D eigenvalue weighted by molar-refractivity contribution is 6.43. The summed E-state index contributed by atoms with van der Waals surface area (Å²) < 4.78 is 19.6. The maximum absolute atomic E-state index is 14.2. The predicted molar refractivity (Wildman–Crippen MR) is 130 cm³/mol. The first kappa shape index (κ1) is 27.6. The normalized spacial score (nSPS) is 12.3. The minimum absolute atomic E-state index is 0.149. The molecule has 35 heavy (non-hydrogen) atoms. The van der Waals surface area contributed by atoms with Gasteiger partial charge >= 0.3 is 7.12 Å². The first-order chi connectivity index (χ1) is 16.5. The van der Waals surface area contributed by atoms with E-state index < -0.39 is 36.2 Å². The zero-order valence-electron chi connectivity index (χ0n) is 19.9. The summed E-state index contributed by atoms with van der Waals surface area (Å²) in [4.78, 5) is 24.5. The first-order valence-electron chi connectivity index (χ1n) is 11.0. The summed E-state index contributed by atoms with van der Waals surface area (Å²) in [5.41, 5.74) is 0.514. The number of hydrogen-bond donors (Lipinski definition) is 4. The monoisotopic (exact) mass is 481 g/mol. The van der Waals surface area contributed by atoms with E-state index in [1.807, 2.05) is 12.1 Å². The van der Waals surface area contributed by atoms with Crippen LogP contribution in [0.15, 0.2) is 54.1 Å². The predicted octanol–water partition coefficient (Wildman–Crippen LogP) is 2.16. The molecule has 2 rings (SSSR count). The molecule has 0 aliphatic heterocycles. The largest absolute Gasteiger partial charge is 0.490 e. The molecule has 8 nitrogen and oxygen atoms in total. The third-order valence-corrected chi connectivity index (χ3v) is 4.71. The van der Waals surface area contributed by atoms with Gasteiger partial charge in [-0.3, -0.25) is 9.59 Å². The maximum Gasteiger partial charge on any atom is 0.475 e. The van der Waals surface area contributed by atoms with Crippen molar-refractivity contribution in [2.24, 2.45) is 0 Å². The SMILES string of the molecule is CC(C)(C)NC(=O)C(C#N)=Cc1ccc(F)c(OCCC(=O)NC(Cc2ccccc2)B(O)O)c1. The highest BCUT2D eigenvalue weighted by Gasteiger charge is 2.25. The molecule has 4 N–H and O–H groups in total. The van der Waals surface area contributed by atoms with E-state index in [2.05, 4.69) is 10.6 Å². The molecule has 0 aromatic heterocycles. The van der Waals surface area contributed by atoms with Crippen LogP contribution >= 0.6 is 0 Å². The van der Waals surface area contributed by atoms with Gasteiger partial charge in [0.05, 0.1) is 19.0 Å². The van der Waals surface area contributed by atoms with Crippen molar-refractivity contribution in [3.63, 3.8) is 0 Å². The Morgan fingerprint density at radius 3 is 2.49 bits per heavy atom. The minimum Gasteiger partial charge on any atom is -0.490 e. The second-order valence-corrected chi connectivity index (χ2v) is 8.94. The van der Waals surface area contributed by atoms with Crippen LogP contribution < -0.4 is 15.4 Å². The Balaban J connectivity index is 1.98. The van der Waals surface area contributed by atoms with E-state index in [4.69, 9.17) is 4.74 Å². The van der Waals surface area contributed by atoms with Crippen molar-refractivity contribution < 1.29 is 28.8 Å². The van der Waals surface area contributed by atoms with E-state index in [-0.39, 0.29) is 30.8 Å². The second-order valence-electron chi connectivity index (χ2n) is 8.94. The molecule has 0 fully saturated rings. The number of benzene rings is 2. The maximum atomic E-state index is 14.2. The molecule has 0 saturated heterocycles. The lowest BCUT2D eigenvalue weighted by molar-refractivity contribution is -0.122. The number of hydrogen-bond acceptors (Lipinski definition) is 6. The van der Waals surface area contributed by atoms with E-state index in [1.165, 1.54) is 18.2 Å². The molecule has 0 heterocycles. The summed E-state index contributed by atoms with van der Waals surface area (Å²) in [6.07, 6.45) is 1.38. The summed E-state index contributed by atoms with van der Waals surface area (Å²) in [5, 5.41) is 33.7. The molecule has 0 spiro atoms. The Labute approximate surface area is 204 Å². The number of nitrogens with one attached hydrogen (secondary N) is 2. The van der Waals surface area contributed by atoms with Gasteiger partial charge in [-0.1, -0.05) is 36.4 Å². The van der Waals surface area contributed by atoms with Gasteiger partial charge in [-0.15, -0.1) is 0 Å². The summed E-state index contributed by atoms with van der Waals surface area (Å²) in [5.74, 6) is -2.80. The fourth-order valence-corrected chi connectivity index (χ4v) is 3.08. The van der Waals surface area contributed by atoms with Crippen molar-refractivity contribution >= 4 is 25.0 Å². The standard InChI is InChI=1S/C25H29BFN3O5/c1-25(2,3)30-24(32)19(16-28)13-18-9-10-20(27)21(14-18)35-12-11-23(31)29-22(26(33)34)15-17-7-5-4-6-8-17/h4-10,13-14,22,33-34H,11-12,15H2,1-3H3,(H,29,31)(H,30,32). The van der Waals surface area contributed by atoms with E-state index in [0.717, 1.165) is 11.6 Å². The highest BCUT2D eigenvalue weighted by Crippen LogP contribution is 2.21. The molecule has 0 saturated carbocycles. The minimum atomic E-state index is -1.76. The number of carbonyl (C=O) groups is 2. The van der Waals surface area contributed by atoms with Gasteiger partial charge in [-0.2, -0.15) is 5.26 Å². The summed E-state index contributed by atoms with van der Waals surface area (Å²) in [6.45, 7) is 5.17. The molecule has 184 valence electrons. The van der Waals surface area contributed by atoms with Crippen LogP contribution in [0.25, 0.3) is 6.08 Å². The molecule has 0 bridgehead atoms. The van der Waals surface area contributed by atoms with Crippen LogP contribution in [0.5, 0.6) is 5.75 Å². The van der Waals surface area contributed by atoms with Crippen LogP contribution in [0.3, 0.4) is 0 Å². The van der Waals surface area contributed by atoms with Crippen LogP contribution in [-0.4, -0.2) is 47.1 Å². The molecule has 2 aromatic rings. The zero-order valence-corrected chi connectivity index (χ0v) is 19.9. The van der Waals surface area contributed by atoms with E-state index in [9.17, 15) is 29.3 Å².